The fourth-order valence-electron chi connectivity index (χ4n) is 5.17. The Bertz CT molecular complexity index is 1290. The highest BCUT2D eigenvalue weighted by atomic mass is 16.3. The van der Waals surface area contributed by atoms with Crippen LogP contribution in [-0.4, -0.2) is 20.2 Å². The lowest BCUT2D eigenvalue weighted by Crippen LogP contribution is -2.25. The summed E-state index contributed by atoms with van der Waals surface area (Å²) in [6.07, 6.45) is 0. The minimum atomic E-state index is -0.233. The molecule has 0 spiro atoms. The van der Waals surface area contributed by atoms with E-state index in [0.29, 0.717) is 31.1 Å². The first-order valence-electron chi connectivity index (χ1n) is 14.8. The first kappa shape index (κ1) is 32.5. The second kappa shape index (κ2) is 11.4. The molecule has 0 saturated heterocycles. The van der Waals surface area contributed by atoms with Crippen molar-refractivity contribution in [2.75, 3.05) is 0 Å². The van der Waals surface area contributed by atoms with E-state index >= 15 is 0 Å². The third kappa shape index (κ3) is 7.86. The number of benzene rings is 3. The molecule has 3 aromatic carbocycles. The van der Waals surface area contributed by atoms with Gasteiger partial charge in [0, 0.05) is 36.3 Å². The zero-order chi connectivity index (χ0) is 31.1. The molecule has 0 aromatic heterocycles. The van der Waals surface area contributed by atoms with Gasteiger partial charge in [0.05, 0.1) is 0 Å². The minimum absolute atomic E-state index is 0.0914. The predicted molar refractivity (Wildman–Crippen MR) is 172 cm³/mol. The third-order valence-electron chi connectivity index (χ3n) is 7.90. The van der Waals surface area contributed by atoms with Crippen molar-refractivity contribution in [1.82, 2.24) is 4.90 Å². The van der Waals surface area contributed by atoms with Gasteiger partial charge in [0.25, 0.3) is 0 Å². The van der Waals surface area contributed by atoms with Crippen LogP contribution in [0.1, 0.15) is 122 Å². The standard InChI is InChI=1S/C37H53NO3/c1-34(2,3)27-17-25(32(40)29(19-27)36(7,8)9)22-38(21-24-15-13-14-16-31(24)39)23-26-18-28(35(4,5)6)20-30(33(26)41)37(10,11)12/h13-20,39-41H,21-23H2,1-12H3. The van der Waals surface area contributed by atoms with Crippen molar-refractivity contribution in [3.05, 3.63) is 87.5 Å². The quantitative estimate of drug-likeness (QED) is 0.282. The summed E-state index contributed by atoms with van der Waals surface area (Å²) in [5.74, 6) is 0.871. The molecule has 0 bridgehead atoms. The highest BCUT2D eigenvalue weighted by molar-refractivity contribution is 5.50. The molecule has 0 atom stereocenters. The van der Waals surface area contributed by atoms with Crippen LogP contribution in [0.25, 0.3) is 0 Å². The van der Waals surface area contributed by atoms with Crippen molar-refractivity contribution in [2.24, 2.45) is 0 Å². The molecule has 4 heteroatoms. The summed E-state index contributed by atoms with van der Waals surface area (Å²) in [7, 11) is 0. The maximum Gasteiger partial charge on any atom is 0.123 e. The van der Waals surface area contributed by atoms with Gasteiger partial charge in [-0.25, -0.2) is 0 Å². The molecule has 0 aliphatic rings. The molecular weight excluding hydrogens is 506 g/mol. The Morgan fingerprint density at radius 3 is 1.20 bits per heavy atom. The van der Waals surface area contributed by atoms with Crippen LogP contribution in [-0.2, 0) is 41.3 Å². The van der Waals surface area contributed by atoms with E-state index in [1.807, 2.05) is 18.2 Å². The van der Waals surface area contributed by atoms with Crippen LogP contribution in [0.2, 0.25) is 0 Å². The van der Waals surface area contributed by atoms with Gasteiger partial charge in [0.15, 0.2) is 0 Å². The van der Waals surface area contributed by atoms with Crippen molar-refractivity contribution >= 4 is 0 Å². The lowest BCUT2D eigenvalue weighted by molar-refractivity contribution is 0.236. The van der Waals surface area contributed by atoms with E-state index in [4.69, 9.17) is 0 Å². The van der Waals surface area contributed by atoms with Gasteiger partial charge in [0.1, 0.15) is 17.2 Å². The van der Waals surface area contributed by atoms with Gasteiger partial charge in [0.2, 0.25) is 0 Å². The summed E-state index contributed by atoms with van der Waals surface area (Å²) in [4.78, 5) is 2.21. The Hall–Kier alpha value is -2.98. The van der Waals surface area contributed by atoms with Crippen LogP contribution in [0, 0.1) is 0 Å². The molecule has 0 fully saturated rings. The summed E-state index contributed by atoms with van der Waals surface area (Å²) in [6.45, 7) is 27.3. The molecule has 3 aromatic rings. The van der Waals surface area contributed by atoms with E-state index in [-0.39, 0.29) is 27.4 Å². The normalized spacial score (nSPS) is 13.2. The van der Waals surface area contributed by atoms with Gasteiger partial charge in [-0.2, -0.15) is 0 Å². The number of phenolic OH excluding ortho intramolecular Hbond substituents is 3. The minimum Gasteiger partial charge on any atom is -0.508 e. The van der Waals surface area contributed by atoms with Crippen molar-refractivity contribution in [2.45, 2.75) is 124 Å². The molecule has 0 heterocycles. The third-order valence-corrected chi connectivity index (χ3v) is 7.90. The van der Waals surface area contributed by atoms with Gasteiger partial charge in [-0.05, 0) is 50.0 Å². The van der Waals surface area contributed by atoms with Crippen molar-refractivity contribution in [3.8, 4) is 17.2 Å². The molecule has 3 rings (SSSR count). The lowest BCUT2D eigenvalue weighted by atomic mass is 9.78. The average molecular weight is 560 g/mol. The topological polar surface area (TPSA) is 63.9 Å². The molecule has 0 aliphatic heterocycles. The smallest absolute Gasteiger partial charge is 0.123 e. The molecule has 4 nitrogen and oxygen atoms in total. The Kier molecular flexibility index (Phi) is 9.02. The first-order chi connectivity index (χ1) is 18.6. The van der Waals surface area contributed by atoms with Gasteiger partial charge in [-0.15, -0.1) is 0 Å². The maximum absolute atomic E-state index is 11.6. The van der Waals surface area contributed by atoms with Crippen LogP contribution in [0.5, 0.6) is 17.2 Å². The van der Waals surface area contributed by atoms with Gasteiger partial charge >= 0.3 is 0 Å². The summed E-state index contributed by atoms with van der Waals surface area (Å²) in [6, 6.07) is 15.9. The monoisotopic (exact) mass is 559 g/mol. The molecule has 0 amide bonds. The highest BCUT2D eigenvalue weighted by Gasteiger charge is 2.28. The Morgan fingerprint density at radius 1 is 0.488 bits per heavy atom. The Balaban J connectivity index is 2.21. The van der Waals surface area contributed by atoms with Crippen molar-refractivity contribution < 1.29 is 15.3 Å². The number of hydrogen-bond acceptors (Lipinski definition) is 4. The number of hydrogen-bond donors (Lipinski definition) is 3. The van der Waals surface area contributed by atoms with Gasteiger partial charge < -0.3 is 15.3 Å². The zero-order valence-corrected chi connectivity index (χ0v) is 27.5. The van der Waals surface area contributed by atoms with Crippen LogP contribution in [0.3, 0.4) is 0 Å². The van der Waals surface area contributed by atoms with Crippen LogP contribution in [0.15, 0.2) is 48.5 Å². The van der Waals surface area contributed by atoms with E-state index in [9.17, 15) is 15.3 Å². The van der Waals surface area contributed by atoms with Gasteiger partial charge in [-0.3, -0.25) is 4.90 Å². The van der Waals surface area contributed by atoms with Crippen molar-refractivity contribution in [3.63, 3.8) is 0 Å². The molecule has 224 valence electrons. The van der Waals surface area contributed by atoms with Crippen LogP contribution < -0.4 is 0 Å². The number of phenols is 3. The summed E-state index contributed by atoms with van der Waals surface area (Å²) in [5, 5.41) is 33.8. The zero-order valence-electron chi connectivity index (χ0n) is 27.5. The van der Waals surface area contributed by atoms with E-state index in [1.54, 1.807) is 6.07 Å². The average Bonchev–Trinajstić information content (AvgIpc) is 2.80. The second-order valence-electron chi connectivity index (χ2n) is 15.8. The maximum atomic E-state index is 11.6. The largest absolute Gasteiger partial charge is 0.508 e. The van der Waals surface area contributed by atoms with Crippen LogP contribution in [0.4, 0.5) is 0 Å². The van der Waals surface area contributed by atoms with Crippen molar-refractivity contribution in [1.29, 1.82) is 0 Å². The van der Waals surface area contributed by atoms with Gasteiger partial charge in [-0.1, -0.05) is 126 Å². The summed E-state index contributed by atoms with van der Waals surface area (Å²) >= 11 is 0. The molecule has 3 N–H and O–H groups in total. The number of nitrogens with zero attached hydrogens (tertiary/aromatic N) is 1. The Labute approximate surface area is 249 Å². The SMILES string of the molecule is CC(C)(C)c1cc(CN(Cc2ccccc2O)Cc2cc(C(C)(C)C)cc(C(C)(C)C)c2O)c(O)c(C(C)(C)C)c1. The lowest BCUT2D eigenvalue weighted by Gasteiger charge is -2.31. The van der Waals surface area contributed by atoms with E-state index in [2.05, 4.69) is 112 Å². The molecule has 0 unspecified atom stereocenters. The molecular formula is C37H53NO3. The molecule has 0 aliphatic carbocycles. The molecule has 41 heavy (non-hydrogen) atoms. The second-order valence-corrected chi connectivity index (χ2v) is 15.8. The first-order valence-corrected chi connectivity index (χ1v) is 14.8. The molecule has 0 saturated carbocycles. The van der Waals surface area contributed by atoms with E-state index in [0.717, 1.165) is 27.8 Å². The summed E-state index contributed by atoms with van der Waals surface area (Å²) in [5.41, 5.74) is 6.05. The molecule has 0 radical (unpaired) electrons. The fourth-order valence-corrected chi connectivity index (χ4v) is 5.17. The number of para-hydroxylation sites is 1. The highest BCUT2D eigenvalue weighted by Crippen LogP contribution is 2.41. The summed E-state index contributed by atoms with van der Waals surface area (Å²) < 4.78 is 0. The Morgan fingerprint density at radius 2 is 0.854 bits per heavy atom. The van der Waals surface area contributed by atoms with E-state index in [1.165, 1.54) is 11.1 Å². The predicted octanol–water partition coefficient (Wildman–Crippen LogP) is 9.20. The van der Waals surface area contributed by atoms with E-state index < -0.39 is 0 Å². The number of aromatic hydroxyl groups is 3. The number of rotatable bonds is 6. The van der Waals surface area contributed by atoms with Crippen LogP contribution >= 0.6 is 0 Å². The fraction of sp³-hybridized carbons (Fsp3) is 0.514.